The van der Waals surface area contributed by atoms with E-state index < -0.39 is 0 Å². The quantitative estimate of drug-likeness (QED) is 0.161. The van der Waals surface area contributed by atoms with Crippen LogP contribution in [0.1, 0.15) is 25.0 Å². The Hall–Kier alpha value is -6.76. The van der Waals surface area contributed by atoms with Gasteiger partial charge in [0, 0.05) is 5.41 Å². The summed E-state index contributed by atoms with van der Waals surface area (Å²) in [6.07, 6.45) is 0. The molecule has 55 heavy (non-hydrogen) atoms. The Balaban J connectivity index is 1.06. The minimum absolute atomic E-state index is 0.169. The van der Waals surface area contributed by atoms with Crippen LogP contribution >= 0.6 is 0 Å². The molecule has 0 fully saturated rings. The van der Waals surface area contributed by atoms with Crippen LogP contribution in [0.2, 0.25) is 0 Å². The Kier molecular flexibility index (Phi) is 7.00. The lowest BCUT2D eigenvalue weighted by Gasteiger charge is -2.23. The highest BCUT2D eigenvalue weighted by Crippen LogP contribution is 2.51. The first-order valence-electron chi connectivity index (χ1n) is 19.3. The molecule has 11 rings (SSSR count). The summed E-state index contributed by atoms with van der Waals surface area (Å²) in [6.45, 7) is 4.80. The highest BCUT2D eigenvalue weighted by Gasteiger charge is 2.36. The van der Waals surface area contributed by atoms with E-state index in [9.17, 15) is 0 Å². The van der Waals surface area contributed by atoms with Crippen molar-refractivity contribution in [1.29, 1.82) is 0 Å². The molecule has 1 aliphatic rings. The van der Waals surface area contributed by atoms with Gasteiger partial charge in [-0.2, -0.15) is 0 Å². The predicted octanol–water partition coefficient (Wildman–Crippen LogP) is 15.3. The maximum atomic E-state index is 2.47. The normalized spacial score (nSPS) is 13.1. The van der Waals surface area contributed by atoms with Gasteiger partial charge >= 0.3 is 0 Å². The Bertz CT molecular complexity index is 3160. The van der Waals surface area contributed by atoms with Crippen LogP contribution in [0, 0.1) is 0 Å². The third-order valence-corrected chi connectivity index (χ3v) is 12.2. The van der Waals surface area contributed by atoms with Gasteiger partial charge in [-0.1, -0.05) is 166 Å². The minimum atomic E-state index is -0.169. The molecular formula is C55H38. The molecular weight excluding hydrogens is 661 g/mol. The van der Waals surface area contributed by atoms with Crippen molar-refractivity contribution < 1.29 is 0 Å². The van der Waals surface area contributed by atoms with Gasteiger partial charge in [-0.05, 0) is 152 Å². The molecule has 0 heterocycles. The molecule has 0 unspecified atom stereocenters. The highest BCUT2D eigenvalue weighted by atomic mass is 14.4. The fourth-order valence-corrected chi connectivity index (χ4v) is 9.42. The van der Waals surface area contributed by atoms with Crippen LogP contribution in [0.4, 0.5) is 0 Å². The van der Waals surface area contributed by atoms with Gasteiger partial charge < -0.3 is 0 Å². The second-order valence-corrected chi connectivity index (χ2v) is 15.7. The SMILES string of the molecule is CC1(C)c2cc(-c3cc(-c4ccccc4)cc(-c4cc5ccccc5c5ccccc45)c3)ccc2-c2ccc(-c3cc4ccccc4c4ccccc34)cc21. The fraction of sp³-hybridized carbons (Fsp3) is 0.0545. The van der Waals surface area contributed by atoms with Crippen molar-refractivity contribution in [2.45, 2.75) is 19.3 Å². The second kappa shape index (κ2) is 12.1. The summed E-state index contributed by atoms with van der Waals surface area (Å²) in [6, 6.07) is 72.3. The molecule has 0 amide bonds. The lowest BCUT2D eigenvalue weighted by molar-refractivity contribution is 0.661. The van der Waals surface area contributed by atoms with E-state index in [-0.39, 0.29) is 5.41 Å². The summed E-state index contributed by atoms with van der Waals surface area (Å²) in [7, 11) is 0. The summed E-state index contributed by atoms with van der Waals surface area (Å²) >= 11 is 0. The Morgan fingerprint density at radius 3 is 1.25 bits per heavy atom. The first-order valence-corrected chi connectivity index (χ1v) is 19.3. The van der Waals surface area contributed by atoms with Crippen LogP contribution in [0.5, 0.6) is 0 Å². The second-order valence-electron chi connectivity index (χ2n) is 15.7. The molecule has 0 bridgehead atoms. The largest absolute Gasteiger partial charge is 0.0622 e. The predicted molar refractivity (Wildman–Crippen MR) is 236 cm³/mol. The molecule has 0 spiro atoms. The molecule has 0 saturated carbocycles. The smallest absolute Gasteiger partial charge is 0.0159 e. The van der Waals surface area contributed by atoms with Crippen molar-refractivity contribution >= 4 is 43.1 Å². The molecule has 0 N–H and O–H groups in total. The Morgan fingerprint density at radius 2 is 0.673 bits per heavy atom. The number of hydrogen-bond donors (Lipinski definition) is 0. The third-order valence-electron chi connectivity index (χ3n) is 12.2. The van der Waals surface area contributed by atoms with Crippen LogP contribution < -0.4 is 0 Å². The third kappa shape index (κ3) is 4.99. The van der Waals surface area contributed by atoms with Crippen molar-refractivity contribution in [2.24, 2.45) is 0 Å². The van der Waals surface area contributed by atoms with Crippen molar-refractivity contribution in [3.05, 3.63) is 205 Å². The van der Waals surface area contributed by atoms with Gasteiger partial charge in [0.2, 0.25) is 0 Å². The van der Waals surface area contributed by atoms with E-state index >= 15 is 0 Å². The summed E-state index contributed by atoms with van der Waals surface area (Å²) in [4.78, 5) is 0. The standard InChI is InChI=1S/C55H38/c1-55(2)53-33-36(24-26-49(53)50-27-25-39(34-54(50)55)51-31-37-16-6-8-18-43(37)45-20-10-12-22-47(45)51)41-28-40(35-14-4-3-5-15-35)29-42(30-41)52-32-38-17-7-9-19-44(38)46-21-11-13-23-48(46)52/h3-34H,1-2H3. The molecule has 0 saturated heterocycles. The molecule has 0 nitrogen and oxygen atoms in total. The zero-order chi connectivity index (χ0) is 36.7. The highest BCUT2D eigenvalue weighted by molar-refractivity contribution is 6.15. The van der Waals surface area contributed by atoms with Gasteiger partial charge in [-0.15, -0.1) is 0 Å². The average molecular weight is 699 g/mol. The van der Waals surface area contributed by atoms with Gasteiger partial charge in [-0.25, -0.2) is 0 Å². The first-order chi connectivity index (χ1) is 27.0. The number of hydrogen-bond acceptors (Lipinski definition) is 0. The monoisotopic (exact) mass is 698 g/mol. The number of benzene rings is 10. The van der Waals surface area contributed by atoms with Crippen molar-refractivity contribution in [3.63, 3.8) is 0 Å². The van der Waals surface area contributed by atoms with E-state index in [1.54, 1.807) is 0 Å². The van der Waals surface area contributed by atoms with Crippen LogP contribution in [0.25, 0.3) is 98.7 Å². The van der Waals surface area contributed by atoms with E-state index in [2.05, 4.69) is 208 Å². The van der Waals surface area contributed by atoms with Gasteiger partial charge in [0.05, 0.1) is 0 Å². The average Bonchev–Trinajstić information content (AvgIpc) is 3.47. The van der Waals surface area contributed by atoms with Gasteiger partial charge in [-0.3, -0.25) is 0 Å². The maximum Gasteiger partial charge on any atom is 0.0159 e. The molecule has 0 aliphatic heterocycles. The van der Waals surface area contributed by atoms with E-state index in [1.165, 1.54) is 110 Å². The van der Waals surface area contributed by atoms with Gasteiger partial charge in [0.15, 0.2) is 0 Å². The van der Waals surface area contributed by atoms with Crippen LogP contribution in [0.3, 0.4) is 0 Å². The fourth-order valence-electron chi connectivity index (χ4n) is 9.42. The minimum Gasteiger partial charge on any atom is -0.0622 e. The van der Waals surface area contributed by atoms with Crippen LogP contribution in [0.15, 0.2) is 194 Å². The summed E-state index contributed by atoms with van der Waals surface area (Å²) in [5, 5.41) is 10.3. The molecule has 258 valence electrons. The van der Waals surface area contributed by atoms with Gasteiger partial charge in [0.1, 0.15) is 0 Å². The molecule has 10 aromatic rings. The summed E-state index contributed by atoms with van der Waals surface area (Å²) in [5.74, 6) is 0. The molecule has 0 atom stereocenters. The van der Waals surface area contributed by atoms with E-state index in [0.29, 0.717) is 0 Å². The van der Waals surface area contributed by atoms with Crippen molar-refractivity contribution in [3.8, 4) is 55.6 Å². The van der Waals surface area contributed by atoms with Crippen LogP contribution in [-0.2, 0) is 5.41 Å². The lowest BCUT2D eigenvalue weighted by atomic mass is 9.80. The van der Waals surface area contributed by atoms with E-state index in [0.717, 1.165) is 0 Å². The zero-order valence-corrected chi connectivity index (χ0v) is 31.0. The maximum absolute atomic E-state index is 2.47. The topological polar surface area (TPSA) is 0 Å². The lowest BCUT2D eigenvalue weighted by Crippen LogP contribution is -2.15. The van der Waals surface area contributed by atoms with Crippen molar-refractivity contribution in [2.75, 3.05) is 0 Å². The van der Waals surface area contributed by atoms with E-state index in [1.807, 2.05) is 0 Å². The summed E-state index contributed by atoms with van der Waals surface area (Å²) < 4.78 is 0. The molecule has 1 aliphatic carbocycles. The van der Waals surface area contributed by atoms with E-state index in [4.69, 9.17) is 0 Å². The summed E-state index contributed by atoms with van der Waals surface area (Å²) in [5.41, 5.74) is 15.2. The molecule has 0 aromatic heterocycles. The first kappa shape index (κ1) is 31.7. The Morgan fingerprint density at radius 1 is 0.255 bits per heavy atom. The van der Waals surface area contributed by atoms with Crippen molar-refractivity contribution in [1.82, 2.24) is 0 Å². The molecule has 10 aromatic carbocycles. The number of rotatable bonds is 4. The Labute approximate surface area is 322 Å². The molecule has 0 radical (unpaired) electrons. The zero-order valence-electron chi connectivity index (χ0n) is 31.0. The van der Waals surface area contributed by atoms with Gasteiger partial charge in [0.25, 0.3) is 0 Å². The van der Waals surface area contributed by atoms with Crippen LogP contribution in [-0.4, -0.2) is 0 Å². The molecule has 0 heteroatoms. The number of fused-ring (bicyclic) bond motifs is 9.